The predicted octanol–water partition coefficient (Wildman–Crippen LogP) is 2.98. The molecule has 0 atom stereocenters. The molecule has 0 aromatic heterocycles. The van der Waals surface area contributed by atoms with Gasteiger partial charge in [-0.3, -0.25) is 9.35 Å². The lowest BCUT2D eigenvalue weighted by atomic mass is 10.1. The van der Waals surface area contributed by atoms with Gasteiger partial charge < -0.3 is 4.74 Å². The van der Waals surface area contributed by atoms with E-state index in [1.54, 1.807) is 6.07 Å². The number of hydrogen-bond donors (Lipinski definition) is 1. The maximum absolute atomic E-state index is 11.3. The van der Waals surface area contributed by atoms with Crippen LogP contribution in [0.2, 0.25) is 0 Å². The Hall–Kier alpha value is -1.40. The highest BCUT2D eigenvalue weighted by molar-refractivity contribution is 7.86. The van der Waals surface area contributed by atoms with E-state index >= 15 is 0 Å². The van der Waals surface area contributed by atoms with Crippen LogP contribution in [0.5, 0.6) is 5.75 Å². The SMILES string of the molecule is CCCCCCc1ccc(OC(C)=O)c(S(=O)(=O)O)c1. The van der Waals surface area contributed by atoms with Gasteiger partial charge in [0, 0.05) is 6.92 Å². The fourth-order valence-corrected chi connectivity index (χ4v) is 2.57. The van der Waals surface area contributed by atoms with Gasteiger partial charge in [0.15, 0.2) is 5.75 Å². The Bertz CT molecular complexity index is 563. The summed E-state index contributed by atoms with van der Waals surface area (Å²) >= 11 is 0. The van der Waals surface area contributed by atoms with E-state index in [0.717, 1.165) is 37.7 Å². The molecule has 0 heterocycles. The van der Waals surface area contributed by atoms with Gasteiger partial charge in [-0.2, -0.15) is 8.42 Å². The zero-order valence-electron chi connectivity index (χ0n) is 11.8. The molecule has 0 amide bonds. The van der Waals surface area contributed by atoms with Crippen LogP contribution in [0.3, 0.4) is 0 Å². The van der Waals surface area contributed by atoms with Crippen molar-refractivity contribution >= 4 is 16.1 Å². The second kappa shape index (κ2) is 7.40. The topological polar surface area (TPSA) is 80.7 Å². The normalized spacial score (nSPS) is 11.3. The van der Waals surface area contributed by atoms with Gasteiger partial charge in [0.05, 0.1) is 0 Å². The van der Waals surface area contributed by atoms with Crippen LogP contribution in [0.25, 0.3) is 0 Å². The highest BCUT2D eigenvalue weighted by Gasteiger charge is 2.18. The van der Waals surface area contributed by atoms with Gasteiger partial charge in [0.1, 0.15) is 4.90 Å². The predicted molar refractivity (Wildman–Crippen MR) is 75.4 cm³/mol. The minimum atomic E-state index is -4.41. The smallest absolute Gasteiger partial charge is 0.308 e. The Morgan fingerprint density at radius 1 is 1.25 bits per heavy atom. The Morgan fingerprint density at radius 2 is 1.95 bits per heavy atom. The highest BCUT2D eigenvalue weighted by atomic mass is 32.2. The van der Waals surface area contributed by atoms with E-state index in [4.69, 9.17) is 4.74 Å². The first kappa shape index (κ1) is 16.7. The quantitative estimate of drug-likeness (QED) is 0.362. The first-order valence-corrected chi connectivity index (χ1v) is 8.07. The van der Waals surface area contributed by atoms with Crippen molar-refractivity contribution in [2.24, 2.45) is 0 Å². The second-order valence-electron chi connectivity index (χ2n) is 4.66. The Morgan fingerprint density at radius 3 is 2.50 bits per heavy atom. The molecule has 1 aromatic rings. The van der Waals surface area contributed by atoms with Crippen molar-refractivity contribution in [3.8, 4) is 5.75 Å². The van der Waals surface area contributed by atoms with Crippen molar-refractivity contribution in [2.45, 2.75) is 50.8 Å². The maximum Gasteiger partial charge on any atom is 0.308 e. The molecule has 20 heavy (non-hydrogen) atoms. The standard InChI is InChI=1S/C14H20O5S/c1-3-4-5-6-7-12-8-9-13(19-11(2)15)14(10-12)20(16,17)18/h8-10H,3-7H2,1-2H3,(H,16,17,18). The van der Waals surface area contributed by atoms with E-state index in [2.05, 4.69) is 6.92 Å². The van der Waals surface area contributed by atoms with Crippen LogP contribution in [-0.2, 0) is 21.3 Å². The van der Waals surface area contributed by atoms with Crippen LogP contribution in [0.4, 0.5) is 0 Å². The number of carbonyl (C=O) groups excluding carboxylic acids is 1. The van der Waals surface area contributed by atoms with E-state index in [9.17, 15) is 17.8 Å². The summed E-state index contributed by atoms with van der Waals surface area (Å²) in [5, 5.41) is 0. The van der Waals surface area contributed by atoms with Crippen LogP contribution < -0.4 is 4.74 Å². The Kier molecular flexibility index (Phi) is 6.16. The summed E-state index contributed by atoms with van der Waals surface area (Å²) in [7, 11) is -4.41. The van der Waals surface area contributed by atoms with Crippen molar-refractivity contribution in [2.75, 3.05) is 0 Å². The van der Waals surface area contributed by atoms with Gasteiger partial charge in [0.2, 0.25) is 0 Å². The van der Waals surface area contributed by atoms with Crippen molar-refractivity contribution < 1.29 is 22.5 Å². The van der Waals surface area contributed by atoms with Gasteiger partial charge in [-0.1, -0.05) is 32.3 Å². The number of unbranched alkanes of at least 4 members (excludes halogenated alkanes) is 3. The summed E-state index contributed by atoms with van der Waals surface area (Å²) in [4.78, 5) is 10.6. The number of hydrogen-bond acceptors (Lipinski definition) is 4. The zero-order chi connectivity index (χ0) is 15.2. The monoisotopic (exact) mass is 300 g/mol. The number of benzene rings is 1. The van der Waals surface area contributed by atoms with Crippen LogP contribution in [-0.4, -0.2) is 18.9 Å². The van der Waals surface area contributed by atoms with Crippen LogP contribution in [0, 0.1) is 0 Å². The first-order valence-electron chi connectivity index (χ1n) is 6.63. The van der Waals surface area contributed by atoms with E-state index < -0.39 is 16.1 Å². The third-order valence-electron chi connectivity index (χ3n) is 2.86. The average Bonchev–Trinajstić information content (AvgIpc) is 2.34. The fraction of sp³-hybridized carbons (Fsp3) is 0.500. The molecule has 5 nitrogen and oxygen atoms in total. The summed E-state index contributed by atoms with van der Waals surface area (Å²) in [6.07, 6.45) is 5.01. The molecule has 0 saturated heterocycles. The van der Waals surface area contributed by atoms with Gasteiger partial charge in [-0.15, -0.1) is 0 Å². The molecular weight excluding hydrogens is 280 g/mol. The van der Waals surface area contributed by atoms with E-state index in [1.165, 1.54) is 19.1 Å². The molecular formula is C14H20O5S. The maximum atomic E-state index is 11.3. The molecule has 0 saturated carbocycles. The van der Waals surface area contributed by atoms with E-state index in [-0.39, 0.29) is 10.6 Å². The lowest BCUT2D eigenvalue weighted by Crippen LogP contribution is -2.08. The van der Waals surface area contributed by atoms with Gasteiger partial charge in [0.25, 0.3) is 10.1 Å². The summed E-state index contributed by atoms with van der Waals surface area (Å²) in [6, 6.07) is 4.47. The number of aryl methyl sites for hydroxylation is 1. The molecule has 0 fully saturated rings. The van der Waals surface area contributed by atoms with Gasteiger partial charge >= 0.3 is 5.97 Å². The average molecular weight is 300 g/mol. The molecule has 6 heteroatoms. The molecule has 1 aromatic carbocycles. The van der Waals surface area contributed by atoms with Crippen molar-refractivity contribution in [1.82, 2.24) is 0 Å². The number of rotatable bonds is 7. The summed E-state index contributed by atoms with van der Waals surface area (Å²) < 4.78 is 36.6. The molecule has 1 N–H and O–H groups in total. The number of ether oxygens (including phenoxy) is 1. The highest BCUT2D eigenvalue weighted by Crippen LogP contribution is 2.26. The summed E-state index contributed by atoms with van der Waals surface area (Å²) in [6.45, 7) is 3.29. The van der Waals surface area contributed by atoms with Crippen LogP contribution >= 0.6 is 0 Å². The molecule has 0 spiro atoms. The largest absolute Gasteiger partial charge is 0.425 e. The molecule has 0 aliphatic carbocycles. The minimum Gasteiger partial charge on any atom is -0.425 e. The summed E-state index contributed by atoms with van der Waals surface area (Å²) in [5.41, 5.74) is 0.796. The van der Waals surface area contributed by atoms with E-state index in [1.807, 2.05) is 0 Å². The third-order valence-corrected chi connectivity index (χ3v) is 3.73. The molecule has 0 bridgehead atoms. The van der Waals surface area contributed by atoms with Crippen LogP contribution in [0.15, 0.2) is 23.1 Å². The van der Waals surface area contributed by atoms with Crippen molar-refractivity contribution in [1.29, 1.82) is 0 Å². The second-order valence-corrected chi connectivity index (χ2v) is 6.05. The molecule has 1 rings (SSSR count). The lowest BCUT2D eigenvalue weighted by Gasteiger charge is -2.09. The lowest BCUT2D eigenvalue weighted by molar-refractivity contribution is -0.132. The zero-order valence-corrected chi connectivity index (χ0v) is 12.6. The number of carbonyl (C=O) groups is 1. The van der Waals surface area contributed by atoms with Crippen LogP contribution in [0.1, 0.15) is 45.1 Å². The first-order chi connectivity index (χ1) is 9.34. The van der Waals surface area contributed by atoms with E-state index in [0.29, 0.717) is 0 Å². The Balaban J connectivity index is 2.94. The third kappa shape index (κ3) is 5.30. The molecule has 0 aliphatic heterocycles. The fourth-order valence-electron chi connectivity index (χ4n) is 1.90. The number of esters is 1. The van der Waals surface area contributed by atoms with Crippen molar-refractivity contribution in [3.63, 3.8) is 0 Å². The van der Waals surface area contributed by atoms with Gasteiger partial charge in [-0.05, 0) is 30.5 Å². The Labute approximate surface area is 119 Å². The summed E-state index contributed by atoms with van der Waals surface area (Å²) in [5.74, 6) is -0.775. The molecule has 112 valence electrons. The van der Waals surface area contributed by atoms with Crippen molar-refractivity contribution in [3.05, 3.63) is 23.8 Å². The van der Waals surface area contributed by atoms with Gasteiger partial charge in [-0.25, -0.2) is 0 Å². The minimum absolute atomic E-state index is 0.141. The molecule has 0 unspecified atom stereocenters. The molecule has 0 aliphatic rings. The molecule has 0 radical (unpaired) electrons.